The molecule has 30 heavy (non-hydrogen) atoms. The Bertz CT molecular complexity index is 891. The standard InChI is InChI=1S/C22H29NO6S/c1-6-15-22(20(24)28-7-2,21(25)29-8-3)16-9-10-17-23(5)30(26,27)19-13-11-18(4)12-14-19/h6,11-14H,1,7-8,15-17H2,2-5H3. The molecule has 0 unspecified atom stereocenters. The fourth-order valence-corrected chi connectivity index (χ4v) is 3.68. The number of allylic oxidation sites excluding steroid dienone is 1. The number of hydrogen-bond donors (Lipinski definition) is 0. The predicted octanol–water partition coefficient (Wildman–Crippen LogP) is 2.70. The monoisotopic (exact) mass is 435 g/mol. The van der Waals surface area contributed by atoms with E-state index in [0.29, 0.717) is 0 Å². The first kappa shape index (κ1) is 25.4. The molecule has 0 saturated heterocycles. The van der Waals surface area contributed by atoms with Crippen molar-refractivity contribution in [2.75, 3.05) is 26.8 Å². The Hall–Kier alpha value is -2.63. The molecule has 1 aromatic rings. The molecule has 0 heterocycles. The van der Waals surface area contributed by atoms with Crippen molar-refractivity contribution < 1.29 is 27.5 Å². The molecule has 0 N–H and O–H groups in total. The zero-order valence-electron chi connectivity index (χ0n) is 17.9. The van der Waals surface area contributed by atoms with Gasteiger partial charge in [-0.15, -0.1) is 12.5 Å². The molecule has 0 amide bonds. The molecule has 0 saturated carbocycles. The van der Waals surface area contributed by atoms with Gasteiger partial charge >= 0.3 is 11.9 Å². The number of esters is 2. The van der Waals surface area contributed by atoms with Crippen molar-refractivity contribution in [2.45, 2.75) is 38.5 Å². The molecule has 8 heteroatoms. The van der Waals surface area contributed by atoms with E-state index in [4.69, 9.17) is 9.47 Å². The second-order valence-electron chi connectivity index (χ2n) is 6.62. The van der Waals surface area contributed by atoms with Crippen LogP contribution in [0.15, 0.2) is 41.8 Å². The normalized spacial score (nSPS) is 11.4. The lowest BCUT2D eigenvalue weighted by atomic mass is 9.81. The van der Waals surface area contributed by atoms with Gasteiger partial charge in [-0.05, 0) is 39.3 Å². The van der Waals surface area contributed by atoms with Crippen LogP contribution in [0, 0.1) is 24.2 Å². The van der Waals surface area contributed by atoms with E-state index in [0.717, 1.165) is 9.87 Å². The average Bonchev–Trinajstić information content (AvgIpc) is 2.70. The SMILES string of the molecule is C=CCC(CC#CCN(C)S(=O)(=O)c1ccc(C)cc1)(C(=O)OCC)C(=O)OCC. The van der Waals surface area contributed by atoms with Crippen LogP contribution >= 0.6 is 0 Å². The average molecular weight is 436 g/mol. The minimum atomic E-state index is -3.70. The number of rotatable bonds is 10. The molecule has 0 fully saturated rings. The van der Waals surface area contributed by atoms with Gasteiger partial charge in [0.15, 0.2) is 5.41 Å². The lowest BCUT2D eigenvalue weighted by Crippen LogP contribution is -2.41. The molecule has 0 aromatic heterocycles. The molecule has 0 atom stereocenters. The summed E-state index contributed by atoms with van der Waals surface area (Å²) in [5.74, 6) is 4.00. The number of hydrogen-bond acceptors (Lipinski definition) is 6. The number of nitrogens with zero attached hydrogens (tertiary/aromatic N) is 1. The van der Waals surface area contributed by atoms with Crippen molar-refractivity contribution in [1.82, 2.24) is 4.31 Å². The molecule has 7 nitrogen and oxygen atoms in total. The molecular formula is C22H29NO6S. The molecule has 0 aliphatic carbocycles. The van der Waals surface area contributed by atoms with Crippen LogP contribution in [0.2, 0.25) is 0 Å². The van der Waals surface area contributed by atoms with Crippen LogP contribution < -0.4 is 0 Å². The number of carbonyl (C=O) groups excluding carboxylic acids is 2. The van der Waals surface area contributed by atoms with Crippen LogP contribution in [-0.2, 0) is 29.1 Å². The smallest absolute Gasteiger partial charge is 0.324 e. The number of ether oxygens (including phenoxy) is 2. The van der Waals surface area contributed by atoms with Crippen LogP contribution in [-0.4, -0.2) is 51.5 Å². The fourth-order valence-electron chi connectivity index (χ4n) is 2.61. The number of sulfonamides is 1. The third-order valence-electron chi connectivity index (χ3n) is 4.37. The van der Waals surface area contributed by atoms with Gasteiger partial charge in [0.2, 0.25) is 10.0 Å². The summed E-state index contributed by atoms with van der Waals surface area (Å²) in [6.07, 6.45) is 1.26. The highest BCUT2D eigenvalue weighted by atomic mass is 32.2. The second kappa shape index (κ2) is 11.5. The molecule has 0 radical (unpaired) electrons. The van der Waals surface area contributed by atoms with Crippen molar-refractivity contribution in [3.8, 4) is 11.8 Å². The minimum absolute atomic E-state index is 0.00312. The van der Waals surface area contributed by atoms with Crippen molar-refractivity contribution >= 4 is 22.0 Å². The highest BCUT2D eigenvalue weighted by molar-refractivity contribution is 7.89. The van der Waals surface area contributed by atoms with Crippen molar-refractivity contribution in [3.05, 3.63) is 42.5 Å². The van der Waals surface area contributed by atoms with Gasteiger partial charge < -0.3 is 9.47 Å². The Labute approximate surface area is 179 Å². The van der Waals surface area contributed by atoms with Gasteiger partial charge in [-0.3, -0.25) is 9.59 Å². The quantitative estimate of drug-likeness (QED) is 0.243. The molecule has 0 bridgehead atoms. The first-order chi connectivity index (χ1) is 14.2. The highest BCUT2D eigenvalue weighted by Crippen LogP contribution is 2.31. The summed E-state index contributed by atoms with van der Waals surface area (Å²) < 4.78 is 36.5. The number of aryl methyl sites for hydroxylation is 1. The maximum absolute atomic E-state index is 12.6. The summed E-state index contributed by atoms with van der Waals surface area (Å²) in [6.45, 7) is 8.84. The van der Waals surface area contributed by atoms with Crippen LogP contribution in [0.5, 0.6) is 0 Å². The lowest BCUT2D eigenvalue weighted by Gasteiger charge is -2.26. The van der Waals surface area contributed by atoms with Crippen LogP contribution in [0.4, 0.5) is 0 Å². The van der Waals surface area contributed by atoms with E-state index in [1.165, 1.54) is 25.3 Å². The molecule has 0 aliphatic heterocycles. The first-order valence-electron chi connectivity index (χ1n) is 9.59. The van der Waals surface area contributed by atoms with Gasteiger partial charge in [0.05, 0.1) is 24.7 Å². The molecular weight excluding hydrogens is 406 g/mol. The summed E-state index contributed by atoms with van der Waals surface area (Å²) in [5, 5.41) is 0. The predicted molar refractivity (Wildman–Crippen MR) is 114 cm³/mol. The van der Waals surface area contributed by atoms with Gasteiger partial charge in [0, 0.05) is 13.5 Å². The molecule has 164 valence electrons. The third-order valence-corrected chi connectivity index (χ3v) is 6.19. The largest absolute Gasteiger partial charge is 0.465 e. The minimum Gasteiger partial charge on any atom is -0.465 e. The van der Waals surface area contributed by atoms with E-state index in [1.54, 1.807) is 26.0 Å². The highest BCUT2D eigenvalue weighted by Gasteiger charge is 2.47. The number of benzene rings is 1. The van der Waals surface area contributed by atoms with Crippen molar-refractivity contribution in [3.63, 3.8) is 0 Å². The lowest BCUT2D eigenvalue weighted by molar-refractivity contribution is -0.171. The Morgan fingerprint density at radius 3 is 2.10 bits per heavy atom. The topological polar surface area (TPSA) is 90.0 Å². The molecule has 1 rings (SSSR count). The Morgan fingerprint density at radius 1 is 1.10 bits per heavy atom. The van der Waals surface area contributed by atoms with Crippen molar-refractivity contribution in [2.24, 2.45) is 5.41 Å². The van der Waals surface area contributed by atoms with Gasteiger partial charge in [0.25, 0.3) is 0 Å². The third kappa shape index (κ3) is 6.18. The Morgan fingerprint density at radius 2 is 1.63 bits per heavy atom. The summed E-state index contributed by atoms with van der Waals surface area (Å²) >= 11 is 0. The molecule has 0 spiro atoms. The van der Waals surface area contributed by atoms with Gasteiger partial charge in [-0.1, -0.05) is 29.7 Å². The first-order valence-corrected chi connectivity index (χ1v) is 11.0. The van der Waals surface area contributed by atoms with E-state index in [1.807, 2.05) is 6.92 Å². The maximum Gasteiger partial charge on any atom is 0.324 e. The Balaban J connectivity index is 3.04. The van der Waals surface area contributed by atoms with E-state index in [-0.39, 0.29) is 37.5 Å². The van der Waals surface area contributed by atoms with Crippen LogP contribution in [0.25, 0.3) is 0 Å². The molecule has 1 aromatic carbocycles. The number of carbonyl (C=O) groups is 2. The van der Waals surface area contributed by atoms with Gasteiger partial charge in [0.1, 0.15) is 0 Å². The molecule has 0 aliphatic rings. The van der Waals surface area contributed by atoms with Crippen LogP contribution in [0.1, 0.15) is 32.3 Å². The van der Waals surface area contributed by atoms with E-state index >= 15 is 0 Å². The van der Waals surface area contributed by atoms with Gasteiger partial charge in [-0.2, -0.15) is 4.31 Å². The summed E-state index contributed by atoms with van der Waals surface area (Å²) in [7, 11) is -2.29. The van der Waals surface area contributed by atoms with Crippen molar-refractivity contribution in [1.29, 1.82) is 0 Å². The van der Waals surface area contributed by atoms with E-state index in [2.05, 4.69) is 18.4 Å². The zero-order valence-corrected chi connectivity index (χ0v) is 18.8. The zero-order chi connectivity index (χ0) is 22.8. The van der Waals surface area contributed by atoms with Crippen LogP contribution in [0.3, 0.4) is 0 Å². The van der Waals surface area contributed by atoms with E-state index in [9.17, 15) is 18.0 Å². The summed E-state index contributed by atoms with van der Waals surface area (Å²) in [4.78, 5) is 25.2. The van der Waals surface area contributed by atoms with Gasteiger partial charge in [-0.25, -0.2) is 8.42 Å². The Kier molecular flexibility index (Phi) is 9.76. The second-order valence-corrected chi connectivity index (χ2v) is 8.67. The summed E-state index contributed by atoms with van der Waals surface area (Å²) in [6, 6.07) is 6.50. The fraction of sp³-hybridized carbons (Fsp3) is 0.455. The maximum atomic E-state index is 12.6. The van der Waals surface area contributed by atoms with E-state index < -0.39 is 27.4 Å². The summed E-state index contributed by atoms with van der Waals surface area (Å²) in [5.41, 5.74) is -0.678.